The van der Waals surface area contributed by atoms with Crippen molar-refractivity contribution in [2.24, 2.45) is 11.8 Å². The predicted octanol–water partition coefficient (Wildman–Crippen LogP) is 0.575. The van der Waals surface area contributed by atoms with Crippen molar-refractivity contribution in [3.8, 4) is 0 Å². The minimum atomic E-state index is -0.794. The zero-order valence-electron chi connectivity index (χ0n) is 7.99. The van der Waals surface area contributed by atoms with E-state index in [0.717, 1.165) is 0 Å². The molecule has 1 saturated heterocycles. The van der Waals surface area contributed by atoms with E-state index in [-0.39, 0.29) is 11.8 Å². The number of carbonyl (C=O) groups excluding carboxylic acids is 1. The monoisotopic (exact) mass is 185 g/mol. The molecule has 1 aliphatic rings. The van der Waals surface area contributed by atoms with Gasteiger partial charge < -0.3 is 10.0 Å². The maximum Gasteiger partial charge on any atom is 0.308 e. The molecule has 1 fully saturated rings. The molecule has 1 rings (SSSR count). The smallest absolute Gasteiger partial charge is 0.308 e. The number of aliphatic carboxylic acids is 1. The van der Waals surface area contributed by atoms with Crippen molar-refractivity contribution in [2.75, 3.05) is 13.1 Å². The molecule has 0 aliphatic carbocycles. The molecule has 4 nitrogen and oxygen atoms in total. The second-order valence-corrected chi connectivity index (χ2v) is 3.80. The molecule has 0 aromatic heterocycles. The highest BCUT2D eigenvalue weighted by atomic mass is 16.4. The first-order valence-electron chi connectivity index (χ1n) is 4.49. The minimum Gasteiger partial charge on any atom is -0.481 e. The highest BCUT2D eigenvalue weighted by Crippen LogP contribution is 2.21. The van der Waals surface area contributed by atoms with Gasteiger partial charge >= 0.3 is 5.97 Å². The van der Waals surface area contributed by atoms with Crippen molar-refractivity contribution in [2.45, 2.75) is 20.3 Å². The first kappa shape index (κ1) is 10.0. The number of piperidine rings is 1. The van der Waals surface area contributed by atoms with Gasteiger partial charge in [0, 0.05) is 20.0 Å². The van der Waals surface area contributed by atoms with Gasteiger partial charge in [0.15, 0.2) is 0 Å². The van der Waals surface area contributed by atoms with Crippen molar-refractivity contribution in [3.05, 3.63) is 0 Å². The van der Waals surface area contributed by atoms with E-state index >= 15 is 0 Å². The molecular weight excluding hydrogens is 170 g/mol. The minimum absolute atomic E-state index is 0.0298. The van der Waals surface area contributed by atoms with Gasteiger partial charge in [0.1, 0.15) is 0 Å². The van der Waals surface area contributed by atoms with Gasteiger partial charge in [-0.3, -0.25) is 9.59 Å². The zero-order chi connectivity index (χ0) is 10.0. The molecule has 74 valence electrons. The van der Waals surface area contributed by atoms with Crippen molar-refractivity contribution in [3.63, 3.8) is 0 Å². The Hall–Kier alpha value is -1.06. The topological polar surface area (TPSA) is 57.6 Å². The Bertz CT molecular complexity index is 205. The molecule has 0 bridgehead atoms. The van der Waals surface area contributed by atoms with E-state index in [9.17, 15) is 9.59 Å². The molecule has 0 aromatic carbocycles. The average Bonchev–Trinajstić information content (AvgIpc) is 2.03. The highest BCUT2D eigenvalue weighted by Gasteiger charge is 2.30. The summed E-state index contributed by atoms with van der Waals surface area (Å²) >= 11 is 0. The van der Waals surface area contributed by atoms with Crippen LogP contribution in [0.2, 0.25) is 0 Å². The van der Waals surface area contributed by atoms with Gasteiger partial charge in [-0.2, -0.15) is 0 Å². The summed E-state index contributed by atoms with van der Waals surface area (Å²) in [6.45, 7) is 4.52. The normalized spacial score (nSPS) is 28.6. The molecule has 1 aliphatic heterocycles. The number of amides is 1. The lowest BCUT2D eigenvalue weighted by molar-refractivity contribution is -0.146. The van der Waals surface area contributed by atoms with Crippen molar-refractivity contribution < 1.29 is 14.7 Å². The Labute approximate surface area is 77.5 Å². The van der Waals surface area contributed by atoms with Crippen LogP contribution in [0.4, 0.5) is 0 Å². The summed E-state index contributed by atoms with van der Waals surface area (Å²) in [5.74, 6) is -0.915. The number of carboxylic acids is 1. The molecular formula is C9H15NO3. The molecule has 2 atom stereocenters. The van der Waals surface area contributed by atoms with E-state index in [1.807, 2.05) is 6.92 Å². The predicted molar refractivity (Wildman–Crippen MR) is 47.2 cm³/mol. The SMILES string of the molecule is CC(=O)N1C[C@H](C)C[C@H](C(=O)O)C1. The van der Waals surface area contributed by atoms with Gasteiger partial charge in [-0.1, -0.05) is 6.92 Å². The van der Waals surface area contributed by atoms with Gasteiger partial charge in [-0.15, -0.1) is 0 Å². The number of carbonyl (C=O) groups is 2. The summed E-state index contributed by atoms with van der Waals surface area (Å²) in [6, 6.07) is 0. The number of carboxylic acid groups (broad SMARTS) is 1. The summed E-state index contributed by atoms with van der Waals surface area (Å²) in [7, 11) is 0. The van der Waals surface area contributed by atoms with E-state index < -0.39 is 5.97 Å². The maximum absolute atomic E-state index is 11.0. The lowest BCUT2D eigenvalue weighted by atomic mass is 9.90. The Morgan fingerprint density at radius 2 is 2.00 bits per heavy atom. The quantitative estimate of drug-likeness (QED) is 0.650. The lowest BCUT2D eigenvalue weighted by Crippen LogP contribution is -2.44. The fourth-order valence-corrected chi connectivity index (χ4v) is 1.79. The Morgan fingerprint density at radius 1 is 1.38 bits per heavy atom. The van der Waals surface area contributed by atoms with E-state index in [0.29, 0.717) is 25.4 Å². The van der Waals surface area contributed by atoms with Crippen LogP contribution in [0.25, 0.3) is 0 Å². The fraction of sp³-hybridized carbons (Fsp3) is 0.778. The van der Waals surface area contributed by atoms with Gasteiger partial charge in [0.2, 0.25) is 5.91 Å². The summed E-state index contributed by atoms with van der Waals surface area (Å²) in [4.78, 5) is 23.4. The maximum atomic E-state index is 11.0. The van der Waals surface area contributed by atoms with Crippen molar-refractivity contribution >= 4 is 11.9 Å². The van der Waals surface area contributed by atoms with Crippen LogP contribution in [-0.4, -0.2) is 35.0 Å². The van der Waals surface area contributed by atoms with E-state index in [1.54, 1.807) is 4.90 Å². The van der Waals surface area contributed by atoms with Gasteiger partial charge in [0.05, 0.1) is 5.92 Å². The molecule has 1 heterocycles. The summed E-state index contributed by atoms with van der Waals surface area (Å²) in [5, 5.41) is 8.82. The first-order valence-corrected chi connectivity index (χ1v) is 4.49. The summed E-state index contributed by atoms with van der Waals surface area (Å²) in [5.41, 5.74) is 0. The molecule has 0 radical (unpaired) electrons. The van der Waals surface area contributed by atoms with Crippen LogP contribution in [0.1, 0.15) is 20.3 Å². The third-order valence-electron chi connectivity index (χ3n) is 2.45. The molecule has 1 amide bonds. The van der Waals surface area contributed by atoms with Crippen molar-refractivity contribution in [1.82, 2.24) is 4.90 Å². The second kappa shape index (κ2) is 3.77. The average molecular weight is 185 g/mol. The van der Waals surface area contributed by atoms with E-state index in [2.05, 4.69) is 0 Å². The van der Waals surface area contributed by atoms with Gasteiger partial charge in [-0.05, 0) is 12.3 Å². The lowest BCUT2D eigenvalue weighted by Gasteiger charge is -2.33. The second-order valence-electron chi connectivity index (χ2n) is 3.80. The Kier molecular flexibility index (Phi) is 2.90. The zero-order valence-corrected chi connectivity index (χ0v) is 7.99. The van der Waals surface area contributed by atoms with Gasteiger partial charge in [-0.25, -0.2) is 0 Å². The Balaban J connectivity index is 2.62. The Morgan fingerprint density at radius 3 is 2.46 bits per heavy atom. The van der Waals surface area contributed by atoms with E-state index in [4.69, 9.17) is 5.11 Å². The summed E-state index contributed by atoms with van der Waals surface area (Å²) < 4.78 is 0. The number of rotatable bonds is 1. The van der Waals surface area contributed by atoms with Crippen LogP contribution in [0, 0.1) is 11.8 Å². The van der Waals surface area contributed by atoms with Crippen LogP contribution in [0.3, 0.4) is 0 Å². The fourth-order valence-electron chi connectivity index (χ4n) is 1.79. The van der Waals surface area contributed by atoms with Crippen molar-refractivity contribution in [1.29, 1.82) is 0 Å². The third-order valence-corrected chi connectivity index (χ3v) is 2.45. The molecule has 0 unspecified atom stereocenters. The molecule has 1 N–H and O–H groups in total. The van der Waals surface area contributed by atoms with Crippen LogP contribution >= 0.6 is 0 Å². The highest BCUT2D eigenvalue weighted by molar-refractivity contribution is 5.75. The first-order chi connectivity index (χ1) is 6.00. The van der Waals surface area contributed by atoms with Crippen LogP contribution in [-0.2, 0) is 9.59 Å². The molecule has 0 saturated carbocycles. The standard InChI is InChI=1S/C9H15NO3/c1-6-3-8(9(12)13)5-10(4-6)7(2)11/h6,8H,3-5H2,1-2H3,(H,12,13)/t6-,8+/m1/s1. The summed E-state index contributed by atoms with van der Waals surface area (Å²) in [6.07, 6.45) is 0.680. The number of nitrogens with zero attached hydrogens (tertiary/aromatic N) is 1. The van der Waals surface area contributed by atoms with Gasteiger partial charge in [0.25, 0.3) is 0 Å². The third kappa shape index (κ3) is 2.44. The molecule has 0 aromatic rings. The number of likely N-dealkylation sites (tertiary alicyclic amines) is 1. The molecule has 0 spiro atoms. The molecule has 4 heteroatoms. The largest absolute Gasteiger partial charge is 0.481 e. The number of hydrogen-bond donors (Lipinski definition) is 1. The van der Waals surface area contributed by atoms with Crippen LogP contribution in [0.15, 0.2) is 0 Å². The molecule has 13 heavy (non-hydrogen) atoms. The number of hydrogen-bond acceptors (Lipinski definition) is 2. The van der Waals surface area contributed by atoms with E-state index in [1.165, 1.54) is 6.92 Å². The van der Waals surface area contributed by atoms with Crippen LogP contribution < -0.4 is 0 Å². The van der Waals surface area contributed by atoms with Crippen LogP contribution in [0.5, 0.6) is 0 Å².